The van der Waals surface area contributed by atoms with Crippen LogP contribution in [0.25, 0.3) is 0 Å². The van der Waals surface area contributed by atoms with Crippen LogP contribution < -0.4 is 5.32 Å². The van der Waals surface area contributed by atoms with Crippen LogP contribution in [0.5, 0.6) is 0 Å². The summed E-state index contributed by atoms with van der Waals surface area (Å²) in [5.41, 5.74) is 0.876. The lowest BCUT2D eigenvalue weighted by Gasteiger charge is -2.21. The number of aryl methyl sites for hydroxylation is 1. The Morgan fingerprint density at radius 3 is 3.07 bits per heavy atom. The van der Waals surface area contributed by atoms with E-state index < -0.39 is 0 Å². The van der Waals surface area contributed by atoms with E-state index in [0.29, 0.717) is 5.92 Å². The summed E-state index contributed by atoms with van der Waals surface area (Å²) in [6, 6.07) is 0. The van der Waals surface area contributed by atoms with Crippen molar-refractivity contribution in [2.75, 3.05) is 13.1 Å². The first kappa shape index (κ1) is 11.0. The van der Waals surface area contributed by atoms with E-state index in [2.05, 4.69) is 10.3 Å². The van der Waals surface area contributed by atoms with E-state index in [1.165, 1.54) is 24.2 Å². The fourth-order valence-corrected chi connectivity index (χ4v) is 3.08. The zero-order chi connectivity index (χ0) is 10.7. The van der Waals surface area contributed by atoms with Gasteiger partial charge in [-0.1, -0.05) is 0 Å². The van der Waals surface area contributed by atoms with Crippen molar-refractivity contribution in [2.45, 2.75) is 32.9 Å². The predicted octanol–water partition coefficient (Wildman–Crippen LogP) is 2.46. The fourth-order valence-electron chi connectivity index (χ4n) is 2.04. The van der Waals surface area contributed by atoms with E-state index in [4.69, 9.17) is 0 Å². The van der Waals surface area contributed by atoms with Gasteiger partial charge in [-0.25, -0.2) is 9.37 Å². The highest BCUT2D eigenvalue weighted by Gasteiger charge is 2.16. The van der Waals surface area contributed by atoms with E-state index in [9.17, 15) is 4.39 Å². The second kappa shape index (κ2) is 5.03. The van der Waals surface area contributed by atoms with Crippen LogP contribution in [-0.4, -0.2) is 18.1 Å². The van der Waals surface area contributed by atoms with Gasteiger partial charge in [0, 0.05) is 6.42 Å². The van der Waals surface area contributed by atoms with Crippen molar-refractivity contribution in [3.8, 4) is 0 Å². The minimum atomic E-state index is -0.369. The van der Waals surface area contributed by atoms with Crippen molar-refractivity contribution < 1.29 is 4.39 Å². The van der Waals surface area contributed by atoms with Crippen LogP contribution in [0.15, 0.2) is 0 Å². The Hall–Kier alpha value is -0.480. The summed E-state index contributed by atoms with van der Waals surface area (Å²) in [5.74, 6) is 0.691. The first-order chi connectivity index (χ1) is 7.29. The van der Waals surface area contributed by atoms with Crippen molar-refractivity contribution in [3.05, 3.63) is 15.6 Å². The normalized spacial score (nSPS) is 21.9. The van der Waals surface area contributed by atoms with E-state index in [-0.39, 0.29) is 6.67 Å². The van der Waals surface area contributed by atoms with Gasteiger partial charge in [-0.05, 0) is 38.8 Å². The third-order valence-electron chi connectivity index (χ3n) is 2.92. The molecule has 1 atom stereocenters. The summed E-state index contributed by atoms with van der Waals surface area (Å²) in [7, 11) is 0. The van der Waals surface area contributed by atoms with Crippen LogP contribution >= 0.6 is 11.3 Å². The van der Waals surface area contributed by atoms with Crippen LogP contribution in [-0.2, 0) is 13.1 Å². The van der Waals surface area contributed by atoms with Crippen molar-refractivity contribution in [1.82, 2.24) is 10.3 Å². The zero-order valence-electron chi connectivity index (χ0n) is 9.05. The summed E-state index contributed by atoms with van der Waals surface area (Å²) < 4.78 is 12.5. The molecule has 0 aliphatic carbocycles. The number of nitrogens with zero attached hydrogens (tertiary/aromatic N) is 1. The zero-order valence-corrected chi connectivity index (χ0v) is 9.87. The summed E-state index contributed by atoms with van der Waals surface area (Å²) in [6.45, 7) is 3.76. The SMILES string of the molecule is Cc1nc(CC2CCCNC2)sc1CF. The van der Waals surface area contributed by atoms with Crippen molar-refractivity contribution >= 4 is 11.3 Å². The summed E-state index contributed by atoms with van der Waals surface area (Å²) >= 11 is 1.54. The topological polar surface area (TPSA) is 24.9 Å². The molecule has 0 aromatic carbocycles. The molecule has 1 aromatic rings. The Labute approximate surface area is 93.9 Å². The minimum Gasteiger partial charge on any atom is -0.316 e. The largest absolute Gasteiger partial charge is 0.316 e. The quantitative estimate of drug-likeness (QED) is 0.859. The lowest BCUT2D eigenvalue weighted by Crippen LogP contribution is -2.30. The minimum absolute atomic E-state index is 0.369. The van der Waals surface area contributed by atoms with Gasteiger partial charge in [0.15, 0.2) is 0 Å². The van der Waals surface area contributed by atoms with E-state index >= 15 is 0 Å². The van der Waals surface area contributed by atoms with Gasteiger partial charge < -0.3 is 5.32 Å². The lowest BCUT2D eigenvalue weighted by atomic mass is 9.97. The molecule has 1 aromatic heterocycles. The highest BCUT2D eigenvalue weighted by Crippen LogP contribution is 2.23. The lowest BCUT2D eigenvalue weighted by molar-refractivity contribution is 0.375. The molecule has 0 spiro atoms. The maximum atomic E-state index is 12.5. The van der Waals surface area contributed by atoms with Gasteiger partial charge in [0.05, 0.1) is 15.6 Å². The summed E-state index contributed by atoms with van der Waals surface area (Å²) in [5, 5.41) is 4.50. The molecule has 1 fully saturated rings. The van der Waals surface area contributed by atoms with Crippen molar-refractivity contribution in [1.29, 1.82) is 0 Å². The molecule has 84 valence electrons. The van der Waals surface area contributed by atoms with E-state index in [1.54, 1.807) is 0 Å². The maximum Gasteiger partial charge on any atom is 0.126 e. The van der Waals surface area contributed by atoms with Gasteiger partial charge in [-0.15, -0.1) is 11.3 Å². The van der Waals surface area contributed by atoms with Crippen LogP contribution in [0.1, 0.15) is 28.4 Å². The third-order valence-corrected chi connectivity index (χ3v) is 4.07. The average molecular weight is 228 g/mol. The Kier molecular flexibility index (Phi) is 3.70. The van der Waals surface area contributed by atoms with Crippen LogP contribution in [0.2, 0.25) is 0 Å². The second-order valence-electron chi connectivity index (χ2n) is 4.17. The van der Waals surface area contributed by atoms with Crippen LogP contribution in [0.4, 0.5) is 4.39 Å². The molecule has 4 heteroatoms. The van der Waals surface area contributed by atoms with Gasteiger partial charge in [0.25, 0.3) is 0 Å². The Morgan fingerprint density at radius 2 is 2.47 bits per heavy atom. The number of hydrogen-bond acceptors (Lipinski definition) is 3. The number of piperidine rings is 1. The van der Waals surface area contributed by atoms with Gasteiger partial charge >= 0.3 is 0 Å². The molecule has 1 N–H and O–H groups in total. The average Bonchev–Trinajstić information content (AvgIpc) is 2.60. The van der Waals surface area contributed by atoms with Gasteiger partial charge in [0.1, 0.15) is 6.67 Å². The first-order valence-corrected chi connectivity index (χ1v) is 6.33. The summed E-state index contributed by atoms with van der Waals surface area (Å²) in [6.07, 6.45) is 3.54. The van der Waals surface area contributed by atoms with E-state index in [0.717, 1.165) is 35.1 Å². The van der Waals surface area contributed by atoms with Gasteiger partial charge in [0.2, 0.25) is 0 Å². The second-order valence-corrected chi connectivity index (χ2v) is 5.33. The molecule has 2 rings (SSSR count). The molecule has 2 nitrogen and oxygen atoms in total. The van der Waals surface area contributed by atoms with Crippen LogP contribution in [0, 0.1) is 12.8 Å². The molecule has 1 saturated heterocycles. The molecule has 0 radical (unpaired) electrons. The van der Waals surface area contributed by atoms with Crippen LogP contribution in [0.3, 0.4) is 0 Å². The first-order valence-electron chi connectivity index (χ1n) is 5.51. The van der Waals surface area contributed by atoms with Gasteiger partial charge in [-0.2, -0.15) is 0 Å². The Morgan fingerprint density at radius 1 is 1.60 bits per heavy atom. The predicted molar refractivity (Wildman–Crippen MR) is 61.0 cm³/mol. The molecule has 0 bridgehead atoms. The fraction of sp³-hybridized carbons (Fsp3) is 0.727. The molecule has 2 heterocycles. The molecule has 1 unspecified atom stereocenters. The standard InChI is InChI=1S/C11H17FN2S/c1-8-10(6-12)15-11(14-8)5-9-3-2-4-13-7-9/h9,13H,2-7H2,1H3. The third kappa shape index (κ3) is 2.75. The number of halogens is 1. The number of nitrogens with one attached hydrogen (secondary N) is 1. The molecule has 0 saturated carbocycles. The van der Waals surface area contributed by atoms with Crippen molar-refractivity contribution in [3.63, 3.8) is 0 Å². The summed E-state index contributed by atoms with van der Waals surface area (Å²) in [4.78, 5) is 5.23. The smallest absolute Gasteiger partial charge is 0.126 e. The highest BCUT2D eigenvalue weighted by molar-refractivity contribution is 7.11. The number of hydrogen-bond donors (Lipinski definition) is 1. The number of rotatable bonds is 3. The van der Waals surface area contributed by atoms with Crippen molar-refractivity contribution in [2.24, 2.45) is 5.92 Å². The number of thiazole rings is 1. The van der Waals surface area contributed by atoms with Gasteiger partial charge in [-0.3, -0.25) is 0 Å². The highest BCUT2D eigenvalue weighted by atomic mass is 32.1. The van der Waals surface area contributed by atoms with E-state index in [1.807, 2.05) is 6.92 Å². The molecule has 1 aliphatic rings. The number of aromatic nitrogens is 1. The molecular weight excluding hydrogens is 211 g/mol. The molecule has 1 aliphatic heterocycles. The maximum absolute atomic E-state index is 12.5. The monoisotopic (exact) mass is 228 g/mol. The molecular formula is C11H17FN2S. The Bertz CT molecular complexity index is 318. The number of alkyl halides is 1. The molecule has 0 amide bonds. The molecule has 15 heavy (non-hydrogen) atoms. The Balaban J connectivity index is 1.97.